The van der Waals surface area contributed by atoms with Crippen molar-refractivity contribution in [2.75, 3.05) is 47.3 Å². The van der Waals surface area contributed by atoms with Crippen LogP contribution in [0.4, 0.5) is 8.78 Å². The molecule has 0 unspecified atom stereocenters. The molecule has 3 aromatic rings. The molecule has 3 aromatic carbocycles. The minimum Gasteiger partial charge on any atom is -0.492 e. The summed E-state index contributed by atoms with van der Waals surface area (Å²) in [5.41, 5.74) is 1.70. The lowest BCUT2D eigenvalue weighted by molar-refractivity contribution is -0.165. The van der Waals surface area contributed by atoms with E-state index in [0.29, 0.717) is 28.2 Å². The first-order valence-corrected chi connectivity index (χ1v) is 23.9. The van der Waals surface area contributed by atoms with Gasteiger partial charge in [0.05, 0.1) is 26.4 Å². The van der Waals surface area contributed by atoms with Crippen LogP contribution in [-0.4, -0.2) is 83.1 Å². The second-order valence-electron chi connectivity index (χ2n) is 18.1. The Morgan fingerprint density at radius 1 is 0.643 bits per heavy atom. The molecule has 1 saturated carbocycles. The number of halogens is 2. The van der Waals surface area contributed by atoms with E-state index in [9.17, 15) is 28.8 Å². The second-order valence-corrected chi connectivity index (χ2v) is 18.1. The molecule has 13 nitrogen and oxygen atoms in total. The number of esters is 6. The number of aryl methyl sites for hydroxylation is 2. The smallest absolute Gasteiger partial charge is 0.333 e. The number of benzene rings is 3. The Morgan fingerprint density at radius 2 is 1.20 bits per heavy atom. The van der Waals surface area contributed by atoms with Gasteiger partial charge in [0.1, 0.15) is 62.1 Å². The zero-order valence-electron chi connectivity index (χ0n) is 41.5. The summed E-state index contributed by atoms with van der Waals surface area (Å²) in [5.74, 6) is -5.43. The molecule has 0 spiro atoms. The molecule has 70 heavy (non-hydrogen) atoms. The van der Waals surface area contributed by atoms with E-state index in [1.165, 1.54) is 70.1 Å². The topological polar surface area (TPSA) is 167 Å². The number of hydrogen-bond donors (Lipinski definition) is 0. The van der Waals surface area contributed by atoms with Crippen molar-refractivity contribution in [3.05, 3.63) is 101 Å². The van der Waals surface area contributed by atoms with Gasteiger partial charge in [-0.15, -0.1) is 0 Å². The Bertz CT molecular complexity index is 2270. The van der Waals surface area contributed by atoms with Crippen molar-refractivity contribution in [1.82, 2.24) is 0 Å². The zero-order valence-corrected chi connectivity index (χ0v) is 41.5. The summed E-state index contributed by atoms with van der Waals surface area (Å²) < 4.78 is 70.3. The summed E-state index contributed by atoms with van der Waals surface area (Å²) in [6, 6.07) is 13.8. The quantitative estimate of drug-likeness (QED) is 0.0233. The fourth-order valence-electron chi connectivity index (χ4n) is 8.26. The number of rotatable bonds is 27. The van der Waals surface area contributed by atoms with Gasteiger partial charge in [0, 0.05) is 11.1 Å². The van der Waals surface area contributed by atoms with Crippen molar-refractivity contribution in [1.29, 1.82) is 0 Å². The molecule has 15 heteroatoms. The average Bonchev–Trinajstić information content (AvgIpc) is 3.34. The van der Waals surface area contributed by atoms with Gasteiger partial charge in [-0.3, -0.25) is 19.2 Å². The average molecular weight is 975 g/mol. The Balaban J connectivity index is 1.72. The van der Waals surface area contributed by atoms with Crippen LogP contribution < -0.4 is 4.74 Å². The van der Waals surface area contributed by atoms with E-state index in [4.69, 9.17) is 23.7 Å². The first-order chi connectivity index (χ1) is 33.4. The van der Waals surface area contributed by atoms with E-state index in [0.717, 1.165) is 33.0 Å². The van der Waals surface area contributed by atoms with E-state index < -0.39 is 92.1 Å². The van der Waals surface area contributed by atoms with Gasteiger partial charge in [0.25, 0.3) is 0 Å². The van der Waals surface area contributed by atoms with Crippen molar-refractivity contribution in [2.45, 2.75) is 117 Å². The van der Waals surface area contributed by atoms with Crippen LogP contribution in [0.5, 0.6) is 5.75 Å². The molecule has 0 heterocycles. The lowest BCUT2D eigenvalue weighted by Crippen LogP contribution is -2.44. The van der Waals surface area contributed by atoms with Crippen molar-refractivity contribution in [2.24, 2.45) is 11.3 Å². The van der Waals surface area contributed by atoms with Gasteiger partial charge in [-0.25, -0.2) is 18.4 Å². The molecule has 4 rings (SSSR count). The third kappa shape index (κ3) is 16.9. The Kier molecular flexibility index (Phi) is 22.3. The summed E-state index contributed by atoms with van der Waals surface area (Å²) in [6.45, 7) is 11.7. The molecule has 0 atom stereocenters. The van der Waals surface area contributed by atoms with Gasteiger partial charge in [-0.05, 0) is 128 Å². The van der Waals surface area contributed by atoms with Crippen LogP contribution in [0.3, 0.4) is 0 Å². The SMILES string of the molecule is C=C(C)C(=O)OCCCc1cc(-c2c(F)cc(-c3ccc(C4CCC(CCCCC)CC4)cc3)cc2F)c(CC)cc1OCC(COC(=O)CC(=O)OC)(COC(=O)CC(=O)OC)COC(=O)C(=C)C. The molecule has 0 amide bonds. The highest BCUT2D eigenvalue weighted by atomic mass is 19.1. The van der Waals surface area contributed by atoms with Crippen LogP contribution in [0, 0.1) is 23.0 Å². The van der Waals surface area contributed by atoms with E-state index in [-0.39, 0.29) is 53.9 Å². The molecule has 0 aromatic heterocycles. The summed E-state index contributed by atoms with van der Waals surface area (Å²) in [6.07, 6.45) is 8.89. The minimum atomic E-state index is -1.69. The molecule has 0 saturated heterocycles. The molecule has 0 radical (unpaired) electrons. The van der Waals surface area contributed by atoms with E-state index in [2.05, 4.69) is 41.7 Å². The largest absolute Gasteiger partial charge is 0.492 e. The summed E-state index contributed by atoms with van der Waals surface area (Å²) in [5, 5.41) is 0. The summed E-state index contributed by atoms with van der Waals surface area (Å²) >= 11 is 0. The van der Waals surface area contributed by atoms with Gasteiger partial charge in [-0.1, -0.05) is 77.0 Å². The third-order valence-electron chi connectivity index (χ3n) is 12.4. The van der Waals surface area contributed by atoms with Crippen LogP contribution >= 0.6 is 0 Å². The molecule has 1 aliphatic carbocycles. The number of unbranched alkanes of at least 4 members (excludes halogenated alkanes) is 2. The summed E-state index contributed by atoms with van der Waals surface area (Å²) in [7, 11) is 2.17. The molecule has 380 valence electrons. The fraction of sp³-hybridized carbons (Fsp3) is 0.491. The first-order valence-electron chi connectivity index (χ1n) is 23.9. The lowest BCUT2D eigenvalue weighted by atomic mass is 9.77. The van der Waals surface area contributed by atoms with Crippen molar-refractivity contribution < 1.29 is 70.7 Å². The first kappa shape index (κ1) is 56.2. The highest BCUT2D eigenvalue weighted by molar-refractivity contribution is 5.92. The van der Waals surface area contributed by atoms with E-state index in [1.807, 2.05) is 12.1 Å². The Hall–Kier alpha value is -6.38. The standard InChI is InChI=1S/C55H68F2O13/c1-9-11-12-14-37-16-18-39(19-17-37)40-20-22-41(23-21-40)43-26-45(56)52(46(57)27-43)44-25-42(15-13-24-66-53(62)35(3)4)47(28-38(44)10-2)67-31-55(34-70-54(63)36(5)6,32-68-50(60)29-48(58)64-7)33-69-51(61)30-49(59)65-8/h20-23,25-28,37,39H,3,5,9-19,24,29-34H2,1-2,4,6-8H3. The van der Waals surface area contributed by atoms with Crippen molar-refractivity contribution in [3.63, 3.8) is 0 Å². The van der Waals surface area contributed by atoms with Crippen LogP contribution in [0.15, 0.2) is 72.8 Å². The van der Waals surface area contributed by atoms with Crippen LogP contribution in [0.1, 0.15) is 121 Å². The molecule has 0 N–H and O–H groups in total. The van der Waals surface area contributed by atoms with Crippen LogP contribution in [0.25, 0.3) is 22.3 Å². The maximum Gasteiger partial charge on any atom is 0.333 e. The molecule has 1 fully saturated rings. The lowest BCUT2D eigenvalue weighted by Gasteiger charge is -2.32. The third-order valence-corrected chi connectivity index (χ3v) is 12.4. The van der Waals surface area contributed by atoms with Gasteiger partial charge in [0.2, 0.25) is 0 Å². The van der Waals surface area contributed by atoms with Gasteiger partial charge in [0.15, 0.2) is 0 Å². The van der Waals surface area contributed by atoms with Crippen LogP contribution in [0.2, 0.25) is 0 Å². The number of carbonyl (C=O) groups is 6. The molecular weight excluding hydrogens is 907 g/mol. The Morgan fingerprint density at radius 3 is 1.73 bits per heavy atom. The fourth-order valence-corrected chi connectivity index (χ4v) is 8.26. The van der Waals surface area contributed by atoms with E-state index >= 15 is 8.78 Å². The molecular formula is C55H68F2O13. The van der Waals surface area contributed by atoms with Crippen LogP contribution in [-0.2, 0) is 70.0 Å². The molecule has 0 bridgehead atoms. The second kappa shape index (κ2) is 27.7. The van der Waals surface area contributed by atoms with Gasteiger partial charge in [-0.2, -0.15) is 0 Å². The maximum atomic E-state index is 16.5. The highest BCUT2D eigenvalue weighted by Gasteiger charge is 2.38. The predicted molar refractivity (Wildman–Crippen MR) is 258 cm³/mol. The number of hydrogen-bond acceptors (Lipinski definition) is 13. The molecule has 1 aliphatic rings. The van der Waals surface area contributed by atoms with Crippen molar-refractivity contribution >= 4 is 35.8 Å². The highest BCUT2D eigenvalue weighted by Crippen LogP contribution is 2.40. The number of ether oxygens (including phenoxy) is 7. The number of methoxy groups -OCH3 is 2. The monoisotopic (exact) mass is 974 g/mol. The Labute approximate surface area is 410 Å². The zero-order chi connectivity index (χ0) is 51.4. The van der Waals surface area contributed by atoms with Crippen molar-refractivity contribution in [3.8, 4) is 28.0 Å². The van der Waals surface area contributed by atoms with E-state index in [1.54, 1.807) is 19.1 Å². The predicted octanol–water partition coefficient (Wildman–Crippen LogP) is 10.5. The number of carbonyl (C=O) groups excluding carboxylic acids is 6. The minimum absolute atomic E-state index is 0.0176. The summed E-state index contributed by atoms with van der Waals surface area (Å²) in [4.78, 5) is 74.3. The molecule has 0 aliphatic heterocycles. The maximum absolute atomic E-state index is 16.5. The van der Waals surface area contributed by atoms with Gasteiger partial charge >= 0.3 is 35.8 Å². The normalized spacial score (nSPS) is 14.5. The van der Waals surface area contributed by atoms with Gasteiger partial charge < -0.3 is 33.2 Å².